The zero-order valence-corrected chi connectivity index (χ0v) is 8.80. The molecule has 1 saturated carbocycles. The predicted molar refractivity (Wildman–Crippen MR) is 56.2 cm³/mol. The number of alkyl halides is 2. The van der Waals surface area contributed by atoms with Crippen LogP contribution in [0.4, 0.5) is 13.2 Å². The van der Waals surface area contributed by atoms with Crippen LogP contribution in [0.1, 0.15) is 24.3 Å². The van der Waals surface area contributed by atoms with Gasteiger partial charge in [0, 0.05) is 6.04 Å². The molecule has 1 fully saturated rings. The Kier molecular flexibility index (Phi) is 3.49. The first-order chi connectivity index (χ1) is 7.66. The van der Waals surface area contributed by atoms with Crippen molar-refractivity contribution in [1.82, 2.24) is 5.32 Å². The third kappa shape index (κ3) is 2.55. The minimum Gasteiger partial charge on any atom is -0.309 e. The summed E-state index contributed by atoms with van der Waals surface area (Å²) in [5, 5.41) is 2.77. The molecule has 0 radical (unpaired) electrons. The average molecular weight is 229 g/mol. The van der Waals surface area contributed by atoms with Crippen molar-refractivity contribution < 1.29 is 13.2 Å². The van der Waals surface area contributed by atoms with Gasteiger partial charge in [-0.15, -0.1) is 0 Å². The highest BCUT2D eigenvalue weighted by Gasteiger charge is 2.31. The number of benzene rings is 1. The van der Waals surface area contributed by atoms with Crippen LogP contribution in [-0.4, -0.2) is 19.0 Å². The number of nitrogens with one attached hydrogen (secondary N) is 1. The van der Waals surface area contributed by atoms with Crippen molar-refractivity contribution in [3.8, 4) is 0 Å². The minimum absolute atomic E-state index is 0.110. The van der Waals surface area contributed by atoms with E-state index in [-0.39, 0.29) is 24.3 Å². The Morgan fingerprint density at radius 2 is 1.94 bits per heavy atom. The Hall–Kier alpha value is -1.03. The van der Waals surface area contributed by atoms with Crippen molar-refractivity contribution >= 4 is 0 Å². The van der Waals surface area contributed by atoms with Gasteiger partial charge in [0.25, 0.3) is 6.43 Å². The molecule has 1 aliphatic rings. The number of hydrogen-bond donors (Lipinski definition) is 1. The Bertz CT molecular complexity index is 348. The highest BCUT2D eigenvalue weighted by Crippen LogP contribution is 2.37. The van der Waals surface area contributed by atoms with Gasteiger partial charge in [0.15, 0.2) is 0 Å². The van der Waals surface area contributed by atoms with Gasteiger partial charge >= 0.3 is 0 Å². The van der Waals surface area contributed by atoms with Crippen LogP contribution in [0.25, 0.3) is 0 Å². The molecule has 16 heavy (non-hydrogen) atoms. The van der Waals surface area contributed by atoms with Gasteiger partial charge in [-0.2, -0.15) is 0 Å². The average Bonchev–Trinajstić information content (AvgIpc) is 2.17. The van der Waals surface area contributed by atoms with E-state index in [2.05, 4.69) is 5.32 Å². The first kappa shape index (κ1) is 11.5. The molecule has 4 heteroatoms. The van der Waals surface area contributed by atoms with Gasteiger partial charge in [-0.05, 0) is 30.4 Å². The highest BCUT2D eigenvalue weighted by molar-refractivity contribution is 5.24. The van der Waals surface area contributed by atoms with Crippen LogP contribution in [0, 0.1) is 5.82 Å². The fourth-order valence-electron chi connectivity index (χ4n) is 2.10. The van der Waals surface area contributed by atoms with Crippen molar-refractivity contribution in [2.24, 2.45) is 0 Å². The summed E-state index contributed by atoms with van der Waals surface area (Å²) in [4.78, 5) is 0. The van der Waals surface area contributed by atoms with Crippen molar-refractivity contribution in [3.63, 3.8) is 0 Å². The summed E-state index contributed by atoms with van der Waals surface area (Å²) in [7, 11) is 0. The molecule has 1 aliphatic carbocycles. The summed E-state index contributed by atoms with van der Waals surface area (Å²) in [5.41, 5.74) is 0.706. The maximum Gasteiger partial charge on any atom is 0.250 e. The molecule has 1 N–H and O–H groups in total. The third-order valence-corrected chi connectivity index (χ3v) is 3.04. The summed E-state index contributed by atoms with van der Waals surface area (Å²) in [6.07, 6.45) is -0.825. The summed E-state index contributed by atoms with van der Waals surface area (Å²) in [5.74, 6) is -0.0174. The van der Waals surface area contributed by atoms with E-state index in [9.17, 15) is 13.2 Å². The van der Waals surface area contributed by atoms with Crippen molar-refractivity contribution in [2.75, 3.05) is 6.54 Å². The van der Waals surface area contributed by atoms with E-state index in [4.69, 9.17) is 0 Å². The van der Waals surface area contributed by atoms with Crippen LogP contribution >= 0.6 is 0 Å². The zero-order valence-electron chi connectivity index (χ0n) is 8.80. The maximum atomic E-state index is 13.4. The van der Waals surface area contributed by atoms with E-state index in [1.54, 1.807) is 18.2 Å². The molecule has 88 valence electrons. The second kappa shape index (κ2) is 4.87. The standard InChI is InChI=1S/C12H14F3N/c13-11-4-2-1-3-10(11)8-5-9(6-8)16-7-12(14)15/h1-4,8-9,12,16H,5-7H2. The fraction of sp³-hybridized carbons (Fsp3) is 0.500. The lowest BCUT2D eigenvalue weighted by Crippen LogP contribution is -2.42. The monoisotopic (exact) mass is 229 g/mol. The van der Waals surface area contributed by atoms with Crippen molar-refractivity contribution in [3.05, 3.63) is 35.6 Å². The van der Waals surface area contributed by atoms with E-state index in [1.165, 1.54) is 6.07 Å². The fourth-order valence-corrected chi connectivity index (χ4v) is 2.10. The van der Waals surface area contributed by atoms with Gasteiger partial charge in [0.2, 0.25) is 0 Å². The smallest absolute Gasteiger partial charge is 0.250 e. The zero-order chi connectivity index (χ0) is 11.5. The SMILES string of the molecule is Fc1ccccc1C1CC(NCC(F)F)C1. The second-order valence-electron chi connectivity index (χ2n) is 4.19. The van der Waals surface area contributed by atoms with E-state index in [0.29, 0.717) is 5.56 Å². The summed E-state index contributed by atoms with van der Waals surface area (Å²) in [6.45, 7) is -0.269. The molecule has 2 rings (SSSR count). The molecule has 0 spiro atoms. The molecular weight excluding hydrogens is 215 g/mol. The Balaban J connectivity index is 1.82. The molecule has 0 saturated heterocycles. The third-order valence-electron chi connectivity index (χ3n) is 3.04. The molecule has 1 aromatic rings. The van der Waals surface area contributed by atoms with Crippen LogP contribution in [0.3, 0.4) is 0 Å². The van der Waals surface area contributed by atoms with Crippen molar-refractivity contribution in [1.29, 1.82) is 0 Å². The Morgan fingerprint density at radius 3 is 2.56 bits per heavy atom. The molecule has 0 aromatic heterocycles. The maximum absolute atomic E-state index is 13.4. The van der Waals surface area contributed by atoms with Crippen LogP contribution < -0.4 is 5.32 Å². The molecule has 0 amide bonds. The van der Waals surface area contributed by atoms with Crippen molar-refractivity contribution in [2.45, 2.75) is 31.2 Å². The van der Waals surface area contributed by atoms with Gasteiger partial charge in [-0.25, -0.2) is 13.2 Å². The molecule has 1 aromatic carbocycles. The molecule has 0 bridgehead atoms. The summed E-state index contributed by atoms with van der Waals surface area (Å²) >= 11 is 0. The Labute approximate surface area is 92.7 Å². The summed E-state index contributed by atoms with van der Waals surface area (Å²) in [6, 6.07) is 6.78. The summed E-state index contributed by atoms with van der Waals surface area (Å²) < 4.78 is 37.2. The normalized spacial score (nSPS) is 24.5. The topological polar surface area (TPSA) is 12.0 Å². The number of halogens is 3. The lowest BCUT2D eigenvalue weighted by atomic mass is 9.75. The molecule has 0 heterocycles. The predicted octanol–water partition coefficient (Wildman–Crippen LogP) is 2.93. The highest BCUT2D eigenvalue weighted by atomic mass is 19.3. The molecule has 0 aliphatic heterocycles. The lowest BCUT2D eigenvalue weighted by molar-refractivity contribution is 0.131. The van der Waals surface area contributed by atoms with Gasteiger partial charge in [0.1, 0.15) is 5.82 Å². The van der Waals surface area contributed by atoms with Gasteiger partial charge in [-0.3, -0.25) is 0 Å². The largest absolute Gasteiger partial charge is 0.309 e. The molecule has 1 nitrogen and oxygen atoms in total. The van der Waals surface area contributed by atoms with Gasteiger partial charge < -0.3 is 5.32 Å². The minimum atomic E-state index is -2.31. The molecule has 0 atom stereocenters. The first-order valence-corrected chi connectivity index (χ1v) is 5.42. The van der Waals surface area contributed by atoms with E-state index < -0.39 is 6.43 Å². The van der Waals surface area contributed by atoms with Crippen LogP contribution in [0.5, 0.6) is 0 Å². The second-order valence-corrected chi connectivity index (χ2v) is 4.19. The van der Waals surface area contributed by atoms with Gasteiger partial charge in [0.05, 0.1) is 6.54 Å². The van der Waals surface area contributed by atoms with Crippen LogP contribution in [-0.2, 0) is 0 Å². The van der Waals surface area contributed by atoms with E-state index in [0.717, 1.165) is 12.8 Å². The number of hydrogen-bond acceptors (Lipinski definition) is 1. The van der Waals surface area contributed by atoms with Gasteiger partial charge in [-0.1, -0.05) is 18.2 Å². The Morgan fingerprint density at radius 1 is 1.25 bits per heavy atom. The van der Waals surface area contributed by atoms with Crippen LogP contribution in [0.15, 0.2) is 24.3 Å². The quantitative estimate of drug-likeness (QED) is 0.837. The molecular formula is C12H14F3N. The first-order valence-electron chi connectivity index (χ1n) is 5.42. The number of rotatable bonds is 4. The van der Waals surface area contributed by atoms with E-state index >= 15 is 0 Å². The van der Waals surface area contributed by atoms with Crippen LogP contribution in [0.2, 0.25) is 0 Å². The molecule has 0 unspecified atom stereocenters. The van der Waals surface area contributed by atoms with E-state index in [1.807, 2.05) is 0 Å². The lowest BCUT2D eigenvalue weighted by Gasteiger charge is -2.36.